The molecule has 0 spiro atoms. The van der Waals surface area contributed by atoms with Gasteiger partial charge in [0.2, 0.25) is 10.0 Å². The second-order valence-corrected chi connectivity index (χ2v) is 10.8. The van der Waals surface area contributed by atoms with Crippen molar-refractivity contribution in [2.75, 3.05) is 26.8 Å². The number of methoxy groups -OCH3 is 1. The van der Waals surface area contributed by atoms with Crippen LogP contribution in [-0.4, -0.2) is 54.3 Å². The largest absolute Gasteiger partial charge is 0.383 e. The highest BCUT2D eigenvalue weighted by Crippen LogP contribution is 2.32. The summed E-state index contributed by atoms with van der Waals surface area (Å²) in [6.45, 7) is 6.96. The van der Waals surface area contributed by atoms with Gasteiger partial charge in [-0.25, -0.2) is 8.42 Å². The molecule has 2 aromatic carbocycles. The number of hydrogen-bond acceptors (Lipinski definition) is 6. The van der Waals surface area contributed by atoms with Crippen molar-refractivity contribution in [2.45, 2.75) is 42.6 Å². The van der Waals surface area contributed by atoms with Crippen LogP contribution < -0.4 is 0 Å². The second-order valence-electron chi connectivity index (χ2n) is 7.48. The Hall–Kier alpha value is -1.91. The van der Waals surface area contributed by atoms with E-state index in [1.54, 1.807) is 25.3 Å². The molecule has 3 aromatic rings. The molecule has 3 rings (SSSR count). The average Bonchev–Trinajstić information content (AvgIpc) is 3.23. The molecule has 0 N–H and O–H groups in total. The van der Waals surface area contributed by atoms with Gasteiger partial charge in [0.25, 0.3) is 0 Å². The monoisotopic (exact) mass is 508 g/mol. The van der Waals surface area contributed by atoms with Crippen molar-refractivity contribution in [3.8, 4) is 11.4 Å². The molecule has 178 valence electrons. The number of ether oxygens (including phenoxy) is 1. The van der Waals surface area contributed by atoms with Crippen LogP contribution in [0.3, 0.4) is 0 Å². The first-order valence-corrected chi connectivity index (χ1v) is 13.5. The van der Waals surface area contributed by atoms with E-state index in [0.29, 0.717) is 47.0 Å². The fourth-order valence-electron chi connectivity index (χ4n) is 3.55. The lowest BCUT2D eigenvalue weighted by atomic mass is 10.2. The van der Waals surface area contributed by atoms with E-state index in [2.05, 4.69) is 10.2 Å². The zero-order chi connectivity index (χ0) is 24.0. The van der Waals surface area contributed by atoms with Crippen LogP contribution >= 0.6 is 23.4 Å². The summed E-state index contributed by atoms with van der Waals surface area (Å²) in [5.41, 5.74) is 1.69. The topological polar surface area (TPSA) is 77.3 Å². The van der Waals surface area contributed by atoms with E-state index >= 15 is 0 Å². The summed E-state index contributed by atoms with van der Waals surface area (Å²) in [5.74, 6) is 1.23. The Morgan fingerprint density at radius 3 is 2.52 bits per heavy atom. The number of nitrogens with zero attached hydrogens (tertiary/aromatic N) is 4. The normalized spacial score (nSPS) is 12.9. The second kappa shape index (κ2) is 11.5. The Morgan fingerprint density at radius 1 is 1.12 bits per heavy atom. The van der Waals surface area contributed by atoms with E-state index in [4.69, 9.17) is 16.3 Å². The average molecular weight is 509 g/mol. The molecule has 0 amide bonds. The van der Waals surface area contributed by atoms with Crippen molar-refractivity contribution in [3.05, 3.63) is 59.1 Å². The molecule has 0 radical (unpaired) electrons. The summed E-state index contributed by atoms with van der Waals surface area (Å²) < 4.78 is 34.9. The maximum atomic E-state index is 13.0. The van der Waals surface area contributed by atoms with Gasteiger partial charge in [-0.05, 0) is 30.7 Å². The van der Waals surface area contributed by atoms with Gasteiger partial charge in [-0.15, -0.1) is 10.2 Å². The third-order valence-electron chi connectivity index (χ3n) is 5.26. The van der Waals surface area contributed by atoms with E-state index in [1.165, 1.54) is 16.1 Å². The van der Waals surface area contributed by atoms with Crippen molar-refractivity contribution in [2.24, 2.45) is 0 Å². The zero-order valence-electron chi connectivity index (χ0n) is 19.2. The first-order chi connectivity index (χ1) is 15.8. The number of thioether (sulfide) groups is 1. The van der Waals surface area contributed by atoms with Crippen LogP contribution in [0.15, 0.2) is 58.6 Å². The van der Waals surface area contributed by atoms with Gasteiger partial charge in [0.15, 0.2) is 11.0 Å². The molecule has 0 unspecified atom stereocenters. The smallest absolute Gasteiger partial charge is 0.243 e. The van der Waals surface area contributed by atoms with Crippen LogP contribution in [-0.2, 0) is 20.5 Å². The van der Waals surface area contributed by atoms with Crippen molar-refractivity contribution in [3.63, 3.8) is 0 Å². The lowest BCUT2D eigenvalue weighted by Crippen LogP contribution is -2.30. The molecule has 0 aliphatic rings. The van der Waals surface area contributed by atoms with Crippen LogP contribution in [0.5, 0.6) is 0 Å². The number of aromatic nitrogens is 3. The molecular weight excluding hydrogens is 480 g/mol. The van der Waals surface area contributed by atoms with Gasteiger partial charge in [0, 0.05) is 36.5 Å². The first-order valence-electron chi connectivity index (χ1n) is 10.7. The fourth-order valence-corrected chi connectivity index (χ4v) is 6.38. The Balaban J connectivity index is 2.00. The molecule has 33 heavy (non-hydrogen) atoms. The molecule has 0 aliphatic heterocycles. The summed E-state index contributed by atoms with van der Waals surface area (Å²) in [7, 11) is -1.94. The zero-order valence-corrected chi connectivity index (χ0v) is 21.6. The van der Waals surface area contributed by atoms with Crippen molar-refractivity contribution >= 4 is 33.4 Å². The molecule has 7 nitrogen and oxygen atoms in total. The van der Waals surface area contributed by atoms with Crippen molar-refractivity contribution in [1.82, 2.24) is 19.1 Å². The van der Waals surface area contributed by atoms with Crippen LogP contribution in [0.25, 0.3) is 11.4 Å². The lowest BCUT2D eigenvalue weighted by Gasteiger charge is -2.20. The Labute approximate surface area is 205 Å². The molecule has 0 fully saturated rings. The molecular formula is C23H29ClN4O3S2. The molecule has 1 aromatic heterocycles. The summed E-state index contributed by atoms with van der Waals surface area (Å²) in [6, 6.07) is 14.5. The number of sulfonamides is 1. The highest BCUT2D eigenvalue weighted by Gasteiger charge is 2.24. The quantitative estimate of drug-likeness (QED) is 0.334. The molecule has 10 heteroatoms. The lowest BCUT2D eigenvalue weighted by molar-refractivity contribution is 0.159. The summed E-state index contributed by atoms with van der Waals surface area (Å²) in [4.78, 5) is 0.239. The van der Waals surface area contributed by atoms with Gasteiger partial charge in [-0.1, -0.05) is 67.5 Å². The third-order valence-corrected chi connectivity index (χ3v) is 8.67. The number of benzene rings is 2. The van der Waals surface area contributed by atoms with Crippen LogP contribution in [0.2, 0.25) is 5.02 Å². The fraction of sp³-hybridized carbons (Fsp3) is 0.391. The highest BCUT2D eigenvalue weighted by molar-refractivity contribution is 7.98. The molecule has 0 saturated carbocycles. The third kappa shape index (κ3) is 5.78. The first kappa shape index (κ1) is 25.7. The van der Waals surface area contributed by atoms with Gasteiger partial charge in [0.05, 0.1) is 17.5 Å². The van der Waals surface area contributed by atoms with Crippen molar-refractivity contribution < 1.29 is 13.2 Å². The minimum Gasteiger partial charge on any atom is -0.383 e. The van der Waals surface area contributed by atoms with E-state index in [9.17, 15) is 8.42 Å². The molecule has 0 bridgehead atoms. The number of rotatable bonds is 11. The summed E-state index contributed by atoms with van der Waals surface area (Å²) in [5, 5.41) is 10.3. The Morgan fingerprint density at radius 2 is 1.85 bits per heavy atom. The van der Waals surface area contributed by atoms with Crippen LogP contribution in [0.1, 0.15) is 32.4 Å². The summed E-state index contributed by atoms with van der Waals surface area (Å²) in [6.07, 6.45) is 0. The predicted molar refractivity (Wildman–Crippen MR) is 133 cm³/mol. The number of hydrogen-bond donors (Lipinski definition) is 0. The molecule has 1 heterocycles. The van der Waals surface area contributed by atoms with E-state index in [0.717, 1.165) is 5.56 Å². The Kier molecular flexibility index (Phi) is 8.95. The minimum atomic E-state index is -3.59. The summed E-state index contributed by atoms with van der Waals surface area (Å²) >= 11 is 7.84. The Bertz CT molecular complexity index is 1180. The predicted octanol–water partition coefficient (Wildman–Crippen LogP) is 5.13. The van der Waals surface area contributed by atoms with Crippen molar-refractivity contribution in [1.29, 1.82) is 0 Å². The van der Waals surface area contributed by atoms with Gasteiger partial charge >= 0.3 is 0 Å². The van der Waals surface area contributed by atoms with Gasteiger partial charge < -0.3 is 4.74 Å². The van der Waals surface area contributed by atoms with Crippen LogP contribution in [0, 0.1) is 0 Å². The SMILES string of the molecule is CCN(CC)S(=O)(=O)c1cccc(-c2nnc(SCc3ccccc3Cl)n2[C@H](C)COC)c1. The standard InChI is InChI=1S/C23H29ClN4O3S2/c1-5-27(6-2)33(29,30)20-12-9-11-18(14-20)22-25-26-23(28(22)17(3)15-31-4)32-16-19-10-7-8-13-21(19)24/h7-14,17H,5-6,15-16H2,1-4H3/t17-/m1/s1. The van der Waals surface area contributed by atoms with Gasteiger partial charge in [0.1, 0.15) is 0 Å². The van der Waals surface area contributed by atoms with Gasteiger partial charge in [-0.2, -0.15) is 4.31 Å². The van der Waals surface area contributed by atoms with E-state index in [1.807, 2.05) is 55.7 Å². The maximum Gasteiger partial charge on any atom is 0.243 e. The maximum absolute atomic E-state index is 13.0. The van der Waals surface area contributed by atoms with Crippen LogP contribution in [0.4, 0.5) is 0 Å². The number of halogens is 1. The minimum absolute atomic E-state index is 0.0585. The highest BCUT2D eigenvalue weighted by atomic mass is 35.5. The van der Waals surface area contributed by atoms with E-state index in [-0.39, 0.29) is 10.9 Å². The van der Waals surface area contributed by atoms with E-state index < -0.39 is 10.0 Å². The molecule has 0 saturated heterocycles. The molecule has 1 atom stereocenters. The van der Waals surface area contributed by atoms with Gasteiger partial charge in [-0.3, -0.25) is 4.57 Å². The molecule has 0 aliphatic carbocycles.